The number of piperidine rings is 1. The molecule has 0 atom stereocenters. The zero-order chi connectivity index (χ0) is 17.5. The molecule has 1 heterocycles. The van der Waals surface area contributed by atoms with E-state index in [1.165, 1.54) is 6.07 Å². The number of rotatable bonds is 5. The number of hydrogen-bond donors (Lipinski definition) is 2. The summed E-state index contributed by atoms with van der Waals surface area (Å²) in [6, 6.07) is 7.74. The minimum absolute atomic E-state index is 0. The lowest BCUT2D eigenvalue weighted by molar-refractivity contribution is -0.385. The van der Waals surface area contributed by atoms with Gasteiger partial charge in [-0.3, -0.25) is 15.1 Å². The Kier molecular flexibility index (Phi) is 9.12. The fraction of sp³-hybridized carbons (Fsp3) is 0.588. The van der Waals surface area contributed by atoms with Crippen LogP contribution >= 0.6 is 24.0 Å². The molecule has 0 spiro atoms. The van der Waals surface area contributed by atoms with Gasteiger partial charge in [0.15, 0.2) is 5.96 Å². The van der Waals surface area contributed by atoms with E-state index in [1.54, 1.807) is 19.2 Å². The molecule has 0 aliphatic carbocycles. The quantitative estimate of drug-likeness (QED) is 0.232. The second-order valence-corrected chi connectivity index (χ2v) is 6.36. The van der Waals surface area contributed by atoms with Crippen LogP contribution in [-0.4, -0.2) is 48.0 Å². The number of hydrogen-bond acceptors (Lipinski definition) is 4. The highest BCUT2D eigenvalue weighted by atomic mass is 127. The lowest BCUT2D eigenvalue weighted by Gasteiger charge is -2.35. The number of benzene rings is 1. The van der Waals surface area contributed by atoms with Crippen molar-refractivity contribution in [1.82, 2.24) is 15.5 Å². The number of nitrogens with one attached hydrogen (secondary N) is 2. The molecule has 1 aromatic rings. The zero-order valence-electron chi connectivity index (χ0n) is 15.1. The molecule has 2 N–H and O–H groups in total. The molecule has 7 nitrogen and oxygen atoms in total. The number of aliphatic imine (C=N–C) groups is 1. The van der Waals surface area contributed by atoms with Gasteiger partial charge in [-0.05, 0) is 26.7 Å². The van der Waals surface area contributed by atoms with E-state index >= 15 is 0 Å². The SMILES string of the molecule is CN=C(NCc1ccccc1[N+](=O)[O-])NC1CCN(C(C)C)CC1.I. The third-order valence-electron chi connectivity index (χ3n) is 4.46. The first-order valence-electron chi connectivity index (χ1n) is 8.44. The van der Waals surface area contributed by atoms with Gasteiger partial charge in [-0.15, -0.1) is 24.0 Å². The number of guanidine groups is 1. The highest BCUT2D eigenvalue weighted by Gasteiger charge is 2.21. The molecule has 1 fully saturated rings. The van der Waals surface area contributed by atoms with E-state index in [-0.39, 0.29) is 34.6 Å². The summed E-state index contributed by atoms with van der Waals surface area (Å²) in [5, 5.41) is 17.7. The minimum Gasteiger partial charge on any atom is -0.354 e. The summed E-state index contributed by atoms with van der Waals surface area (Å²) in [4.78, 5) is 17.4. The Morgan fingerprint density at radius 2 is 2.00 bits per heavy atom. The maximum absolute atomic E-state index is 11.1. The van der Waals surface area contributed by atoms with Gasteiger partial charge >= 0.3 is 0 Å². The van der Waals surface area contributed by atoms with Gasteiger partial charge in [-0.1, -0.05) is 18.2 Å². The number of likely N-dealkylation sites (tertiary alicyclic amines) is 1. The van der Waals surface area contributed by atoms with Crippen molar-refractivity contribution in [2.75, 3.05) is 20.1 Å². The van der Waals surface area contributed by atoms with Crippen molar-refractivity contribution in [2.45, 2.75) is 45.3 Å². The first-order valence-corrected chi connectivity index (χ1v) is 8.44. The third-order valence-corrected chi connectivity index (χ3v) is 4.46. The Labute approximate surface area is 166 Å². The number of halogens is 1. The maximum Gasteiger partial charge on any atom is 0.274 e. The van der Waals surface area contributed by atoms with Crippen molar-refractivity contribution in [3.63, 3.8) is 0 Å². The Morgan fingerprint density at radius 1 is 1.36 bits per heavy atom. The Balaban J connectivity index is 0.00000312. The number of nitrogens with zero attached hydrogens (tertiary/aromatic N) is 3. The van der Waals surface area contributed by atoms with Crippen molar-refractivity contribution in [3.05, 3.63) is 39.9 Å². The number of para-hydroxylation sites is 1. The van der Waals surface area contributed by atoms with Crippen LogP contribution in [0.4, 0.5) is 5.69 Å². The van der Waals surface area contributed by atoms with E-state index in [2.05, 4.69) is 34.4 Å². The highest BCUT2D eigenvalue weighted by Crippen LogP contribution is 2.17. The molecule has 1 aromatic carbocycles. The van der Waals surface area contributed by atoms with Gasteiger partial charge in [0.05, 0.1) is 4.92 Å². The molecule has 25 heavy (non-hydrogen) atoms. The largest absolute Gasteiger partial charge is 0.354 e. The fourth-order valence-corrected chi connectivity index (χ4v) is 2.97. The van der Waals surface area contributed by atoms with Crippen molar-refractivity contribution >= 4 is 35.6 Å². The second kappa shape index (κ2) is 10.5. The molecule has 0 radical (unpaired) electrons. The van der Waals surface area contributed by atoms with Crippen LogP contribution in [-0.2, 0) is 6.54 Å². The van der Waals surface area contributed by atoms with E-state index in [1.807, 2.05) is 6.07 Å². The Bertz CT molecular complexity index is 586. The molecule has 2 rings (SSSR count). The van der Waals surface area contributed by atoms with Crippen LogP contribution in [0.3, 0.4) is 0 Å². The number of nitro groups is 1. The van der Waals surface area contributed by atoms with E-state index < -0.39 is 0 Å². The van der Waals surface area contributed by atoms with Crippen molar-refractivity contribution in [2.24, 2.45) is 4.99 Å². The first-order chi connectivity index (χ1) is 11.5. The maximum atomic E-state index is 11.1. The molecule has 0 bridgehead atoms. The highest BCUT2D eigenvalue weighted by molar-refractivity contribution is 14.0. The van der Waals surface area contributed by atoms with Crippen LogP contribution in [0, 0.1) is 10.1 Å². The van der Waals surface area contributed by atoms with Crippen LogP contribution in [0.1, 0.15) is 32.3 Å². The van der Waals surface area contributed by atoms with Gasteiger partial charge in [0.2, 0.25) is 0 Å². The smallest absolute Gasteiger partial charge is 0.274 e. The van der Waals surface area contributed by atoms with Crippen molar-refractivity contribution in [1.29, 1.82) is 0 Å². The summed E-state index contributed by atoms with van der Waals surface area (Å²) in [7, 11) is 1.72. The molecule has 0 saturated carbocycles. The fourth-order valence-electron chi connectivity index (χ4n) is 2.97. The lowest BCUT2D eigenvalue weighted by Crippen LogP contribution is -2.49. The van der Waals surface area contributed by atoms with Crippen LogP contribution in [0.25, 0.3) is 0 Å². The zero-order valence-corrected chi connectivity index (χ0v) is 17.4. The molecule has 140 valence electrons. The molecular formula is C17H28IN5O2. The minimum atomic E-state index is -0.352. The van der Waals surface area contributed by atoms with Crippen LogP contribution in [0.15, 0.2) is 29.3 Å². The molecule has 0 unspecified atom stereocenters. The lowest BCUT2D eigenvalue weighted by atomic mass is 10.0. The van der Waals surface area contributed by atoms with Crippen LogP contribution < -0.4 is 10.6 Å². The van der Waals surface area contributed by atoms with Crippen LogP contribution in [0.2, 0.25) is 0 Å². The molecule has 0 aromatic heterocycles. The third kappa shape index (κ3) is 6.43. The molecular weight excluding hydrogens is 433 g/mol. The molecule has 1 aliphatic heterocycles. The molecule has 8 heteroatoms. The van der Waals surface area contributed by atoms with Gasteiger partial charge in [-0.2, -0.15) is 0 Å². The average Bonchev–Trinajstić information content (AvgIpc) is 2.59. The second-order valence-electron chi connectivity index (χ2n) is 6.36. The van der Waals surface area contributed by atoms with Gasteiger partial charge in [-0.25, -0.2) is 0 Å². The summed E-state index contributed by atoms with van der Waals surface area (Å²) in [5.74, 6) is 0.691. The van der Waals surface area contributed by atoms with Gasteiger partial charge in [0.1, 0.15) is 0 Å². The summed E-state index contributed by atoms with van der Waals surface area (Å²) in [6.07, 6.45) is 2.15. The Morgan fingerprint density at radius 3 is 2.56 bits per heavy atom. The number of nitro benzene ring substituents is 1. The van der Waals surface area contributed by atoms with E-state index in [4.69, 9.17) is 0 Å². The predicted molar refractivity (Wildman–Crippen MR) is 112 cm³/mol. The normalized spacial score (nSPS) is 16.4. The van der Waals surface area contributed by atoms with Crippen molar-refractivity contribution < 1.29 is 4.92 Å². The summed E-state index contributed by atoms with van der Waals surface area (Å²) < 4.78 is 0. The standard InChI is InChI=1S/C17H27N5O2.HI/c1-13(2)21-10-8-15(9-11-21)20-17(18-3)19-12-14-6-4-5-7-16(14)22(23)24;/h4-7,13,15H,8-12H2,1-3H3,(H2,18,19,20);1H. The van der Waals surface area contributed by atoms with Gasteiger partial charge in [0.25, 0.3) is 5.69 Å². The first kappa shape index (κ1) is 21.6. The molecule has 0 amide bonds. The molecule has 1 aliphatic rings. The van der Waals surface area contributed by atoms with Crippen LogP contribution in [0.5, 0.6) is 0 Å². The van der Waals surface area contributed by atoms with Gasteiger partial charge < -0.3 is 15.5 Å². The van der Waals surface area contributed by atoms with E-state index in [9.17, 15) is 10.1 Å². The molecule has 1 saturated heterocycles. The predicted octanol–water partition coefficient (Wildman–Crippen LogP) is 2.75. The van der Waals surface area contributed by atoms with E-state index in [0.717, 1.165) is 25.9 Å². The topological polar surface area (TPSA) is 82.8 Å². The summed E-state index contributed by atoms with van der Waals surface area (Å²) >= 11 is 0. The average molecular weight is 461 g/mol. The Hall–Kier alpha value is -1.42. The monoisotopic (exact) mass is 461 g/mol. The van der Waals surface area contributed by atoms with E-state index in [0.29, 0.717) is 30.2 Å². The van der Waals surface area contributed by atoms with Crippen molar-refractivity contribution in [3.8, 4) is 0 Å². The summed E-state index contributed by atoms with van der Waals surface area (Å²) in [6.45, 7) is 6.98. The summed E-state index contributed by atoms with van der Waals surface area (Å²) in [5.41, 5.74) is 0.783. The van der Waals surface area contributed by atoms with Gasteiger partial charge in [0, 0.05) is 50.4 Å².